The molecule has 2 atom stereocenters. The highest BCUT2D eigenvalue weighted by molar-refractivity contribution is 4.71. The topological polar surface area (TPSA) is 44.5 Å². The second kappa shape index (κ2) is 11.0. The molecule has 0 fully saturated rings. The van der Waals surface area contributed by atoms with Crippen LogP contribution in [0.15, 0.2) is 0 Å². The quantitative estimate of drug-likeness (QED) is 0.568. The van der Waals surface area contributed by atoms with Gasteiger partial charge in [-0.2, -0.15) is 0 Å². The number of ether oxygens (including phenoxy) is 2. The van der Waals surface area contributed by atoms with Crippen LogP contribution in [-0.4, -0.2) is 25.5 Å². The fourth-order valence-corrected chi connectivity index (χ4v) is 2.10. The SMILES string of the molecule is CCCCC(CC)CC(N)C(OCC)OCC. The molecular formula is C14H31NO2. The van der Waals surface area contributed by atoms with Gasteiger partial charge in [0, 0.05) is 13.2 Å². The third-order valence-corrected chi connectivity index (χ3v) is 3.16. The third-order valence-electron chi connectivity index (χ3n) is 3.16. The molecule has 104 valence electrons. The summed E-state index contributed by atoms with van der Waals surface area (Å²) in [7, 11) is 0. The maximum atomic E-state index is 6.19. The second-order valence-corrected chi connectivity index (χ2v) is 4.60. The Labute approximate surface area is 107 Å². The van der Waals surface area contributed by atoms with E-state index in [1.807, 2.05) is 13.8 Å². The lowest BCUT2D eigenvalue weighted by Gasteiger charge is -2.26. The average Bonchev–Trinajstić information content (AvgIpc) is 2.33. The van der Waals surface area contributed by atoms with Gasteiger partial charge in [0.15, 0.2) is 6.29 Å². The van der Waals surface area contributed by atoms with Crippen LogP contribution >= 0.6 is 0 Å². The summed E-state index contributed by atoms with van der Waals surface area (Å²) in [6.07, 6.45) is 5.78. The van der Waals surface area contributed by atoms with Crippen LogP contribution in [0.25, 0.3) is 0 Å². The largest absolute Gasteiger partial charge is 0.351 e. The molecule has 0 aliphatic carbocycles. The zero-order valence-corrected chi connectivity index (χ0v) is 12.1. The molecule has 3 heteroatoms. The van der Waals surface area contributed by atoms with Crippen molar-refractivity contribution in [2.24, 2.45) is 11.7 Å². The van der Waals surface area contributed by atoms with Gasteiger partial charge in [0.1, 0.15) is 0 Å². The summed E-state index contributed by atoms with van der Waals surface area (Å²) in [5.41, 5.74) is 6.19. The predicted molar refractivity (Wildman–Crippen MR) is 72.9 cm³/mol. The van der Waals surface area contributed by atoms with Crippen LogP contribution in [0.3, 0.4) is 0 Å². The van der Waals surface area contributed by atoms with E-state index in [0.29, 0.717) is 19.1 Å². The van der Waals surface area contributed by atoms with Crippen LogP contribution in [-0.2, 0) is 9.47 Å². The minimum absolute atomic E-state index is 0.00305. The van der Waals surface area contributed by atoms with Gasteiger partial charge in [-0.25, -0.2) is 0 Å². The number of nitrogens with two attached hydrogens (primary N) is 1. The third kappa shape index (κ3) is 7.74. The van der Waals surface area contributed by atoms with Crippen LogP contribution in [0, 0.1) is 5.92 Å². The maximum absolute atomic E-state index is 6.19. The molecule has 0 aromatic heterocycles. The summed E-state index contributed by atoms with van der Waals surface area (Å²) in [5.74, 6) is 0.702. The average molecular weight is 245 g/mol. The van der Waals surface area contributed by atoms with Gasteiger partial charge in [-0.15, -0.1) is 0 Å². The summed E-state index contributed by atoms with van der Waals surface area (Å²) in [5, 5.41) is 0. The molecule has 0 radical (unpaired) electrons. The van der Waals surface area contributed by atoms with Crippen LogP contribution in [0.5, 0.6) is 0 Å². The van der Waals surface area contributed by atoms with Gasteiger partial charge >= 0.3 is 0 Å². The van der Waals surface area contributed by atoms with Crippen LogP contribution < -0.4 is 5.73 Å². The Morgan fingerprint density at radius 1 is 1.00 bits per heavy atom. The Morgan fingerprint density at radius 2 is 1.59 bits per heavy atom. The van der Waals surface area contributed by atoms with Crippen molar-refractivity contribution in [3.05, 3.63) is 0 Å². The molecule has 0 heterocycles. The highest BCUT2D eigenvalue weighted by atomic mass is 16.7. The van der Waals surface area contributed by atoms with E-state index in [0.717, 1.165) is 6.42 Å². The molecule has 3 nitrogen and oxygen atoms in total. The first-order chi connectivity index (χ1) is 8.19. The van der Waals surface area contributed by atoms with Gasteiger partial charge < -0.3 is 15.2 Å². The van der Waals surface area contributed by atoms with Crippen molar-refractivity contribution < 1.29 is 9.47 Å². The molecule has 2 N–H and O–H groups in total. The number of rotatable bonds is 11. The molecule has 0 amide bonds. The Morgan fingerprint density at radius 3 is 2.00 bits per heavy atom. The Hall–Kier alpha value is -0.120. The van der Waals surface area contributed by atoms with Crippen molar-refractivity contribution in [1.29, 1.82) is 0 Å². The lowest BCUT2D eigenvalue weighted by atomic mass is 9.92. The van der Waals surface area contributed by atoms with Crippen LogP contribution in [0.2, 0.25) is 0 Å². The Balaban J connectivity index is 4.09. The molecule has 17 heavy (non-hydrogen) atoms. The predicted octanol–water partition coefficient (Wildman–Crippen LogP) is 3.32. The molecule has 0 bridgehead atoms. The molecule has 0 saturated heterocycles. The van der Waals surface area contributed by atoms with Crippen molar-refractivity contribution in [3.63, 3.8) is 0 Å². The van der Waals surface area contributed by atoms with E-state index < -0.39 is 0 Å². The summed E-state index contributed by atoms with van der Waals surface area (Å²) < 4.78 is 11.1. The van der Waals surface area contributed by atoms with Gasteiger partial charge in [-0.1, -0.05) is 39.5 Å². The van der Waals surface area contributed by atoms with Gasteiger partial charge in [-0.3, -0.25) is 0 Å². The molecule has 0 aromatic carbocycles. The number of unbranched alkanes of at least 4 members (excludes halogenated alkanes) is 1. The smallest absolute Gasteiger partial charge is 0.172 e. The lowest BCUT2D eigenvalue weighted by molar-refractivity contribution is -0.150. The maximum Gasteiger partial charge on any atom is 0.172 e. The number of hydrogen-bond acceptors (Lipinski definition) is 3. The summed E-state index contributed by atoms with van der Waals surface area (Å²) in [4.78, 5) is 0. The van der Waals surface area contributed by atoms with Crippen molar-refractivity contribution in [2.45, 2.75) is 72.1 Å². The van der Waals surface area contributed by atoms with E-state index in [1.54, 1.807) is 0 Å². The lowest BCUT2D eigenvalue weighted by Crippen LogP contribution is -2.40. The monoisotopic (exact) mass is 245 g/mol. The minimum atomic E-state index is -0.235. The molecule has 0 spiro atoms. The van der Waals surface area contributed by atoms with E-state index in [-0.39, 0.29) is 12.3 Å². The highest BCUT2D eigenvalue weighted by Crippen LogP contribution is 2.20. The van der Waals surface area contributed by atoms with Crippen molar-refractivity contribution in [1.82, 2.24) is 0 Å². The van der Waals surface area contributed by atoms with Crippen molar-refractivity contribution in [3.8, 4) is 0 Å². The first-order valence-corrected chi connectivity index (χ1v) is 7.18. The van der Waals surface area contributed by atoms with Crippen molar-refractivity contribution in [2.75, 3.05) is 13.2 Å². The molecule has 0 aromatic rings. The molecule has 0 aliphatic heterocycles. The Kier molecular flexibility index (Phi) is 10.9. The summed E-state index contributed by atoms with van der Waals surface area (Å²) in [6, 6.07) is -0.00305. The van der Waals surface area contributed by atoms with Crippen LogP contribution in [0.4, 0.5) is 0 Å². The van der Waals surface area contributed by atoms with E-state index >= 15 is 0 Å². The molecule has 0 aliphatic rings. The first kappa shape index (κ1) is 16.9. The number of hydrogen-bond donors (Lipinski definition) is 1. The fourth-order valence-electron chi connectivity index (χ4n) is 2.10. The zero-order valence-electron chi connectivity index (χ0n) is 12.1. The van der Waals surface area contributed by atoms with Gasteiger partial charge in [0.25, 0.3) is 0 Å². The van der Waals surface area contributed by atoms with Crippen molar-refractivity contribution >= 4 is 0 Å². The van der Waals surface area contributed by atoms with E-state index in [9.17, 15) is 0 Å². The molecular weight excluding hydrogens is 214 g/mol. The second-order valence-electron chi connectivity index (χ2n) is 4.60. The zero-order chi connectivity index (χ0) is 13.1. The van der Waals surface area contributed by atoms with Gasteiger partial charge in [0.2, 0.25) is 0 Å². The Bertz CT molecular complexity index is 158. The van der Waals surface area contributed by atoms with Gasteiger partial charge in [0.05, 0.1) is 6.04 Å². The highest BCUT2D eigenvalue weighted by Gasteiger charge is 2.21. The fraction of sp³-hybridized carbons (Fsp3) is 1.00. The van der Waals surface area contributed by atoms with Crippen LogP contribution in [0.1, 0.15) is 59.8 Å². The normalized spacial score (nSPS) is 15.2. The molecule has 0 saturated carbocycles. The van der Waals surface area contributed by atoms with E-state index in [4.69, 9.17) is 15.2 Å². The van der Waals surface area contributed by atoms with Gasteiger partial charge in [-0.05, 0) is 26.2 Å². The molecule has 0 rings (SSSR count). The van der Waals surface area contributed by atoms with E-state index in [2.05, 4.69) is 13.8 Å². The van der Waals surface area contributed by atoms with E-state index in [1.165, 1.54) is 25.7 Å². The molecule has 2 unspecified atom stereocenters. The summed E-state index contributed by atoms with van der Waals surface area (Å²) in [6.45, 7) is 9.74. The minimum Gasteiger partial charge on any atom is -0.351 e. The summed E-state index contributed by atoms with van der Waals surface area (Å²) >= 11 is 0. The first-order valence-electron chi connectivity index (χ1n) is 7.18. The standard InChI is InChI=1S/C14H31NO2/c1-5-9-10-12(6-2)11-13(15)14(16-7-3)17-8-4/h12-14H,5-11,15H2,1-4H3.